The zero-order chi connectivity index (χ0) is 13.9. The van der Waals surface area contributed by atoms with Gasteiger partial charge in [0.15, 0.2) is 0 Å². The third kappa shape index (κ3) is 3.33. The van der Waals surface area contributed by atoms with Gasteiger partial charge in [0.25, 0.3) is 0 Å². The monoisotopic (exact) mass is 261 g/mol. The number of hydrogen-bond donors (Lipinski definition) is 3. The highest BCUT2D eigenvalue weighted by Crippen LogP contribution is 2.17. The first-order valence-corrected chi connectivity index (χ1v) is 6.98. The molecule has 0 radical (unpaired) electrons. The summed E-state index contributed by atoms with van der Waals surface area (Å²) in [5, 5.41) is 14.7. The topological polar surface area (TPSA) is 60.9 Å². The van der Waals surface area contributed by atoms with Gasteiger partial charge in [0.1, 0.15) is 5.72 Å². The van der Waals surface area contributed by atoms with Gasteiger partial charge in [0.2, 0.25) is 0 Å². The predicted molar refractivity (Wildman–Crippen MR) is 77.8 cm³/mol. The smallest absolute Gasteiger partial charge is 0.116 e. The summed E-state index contributed by atoms with van der Waals surface area (Å²) in [6.45, 7) is 6.70. The number of nitrogens with zero attached hydrogens (tertiary/aromatic N) is 1. The van der Waals surface area contributed by atoms with Gasteiger partial charge < -0.3 is 10.1 Å². The fourth-order valence-corrected chi connectivity index (χ4v) is 2.35. The molecule has 0 bridgehead atoms. The molecule has 0 spiro atoms. The highest BCUT2D eigenvalue weighted by molar-refractivity contribution is 5.79. The number of aryl methyl sites for hydroxylation is 1. The first-order chi connectivity index (χ1) is 9.06. The Bertz CT molecular complexity index is 549. The maximum atomic E-state index is 10.4. The first kappa shape index (κ1) is 14.0. The molecule has 3 N–H and O–H groups in total. The van der Waals surface area contributed by atoms with Crippen LogP contribution in [-0.4, -0.2) is 20.8 Å². The number of nitrogens with one attached hydrogen (secondary N) is 2. The molecule has 0 saturated heterocycles. The third-order valence-corrected chi connectivity index (χ3v) is 3.55. The molecule has 2 rings (SSSR count). The Labute approximate surface area is 114 Å². The summed E-state index contributed by atoms with van der Waals surface area (Å²) in [7, 11) is 0. The summed E-state index contributed by atoms with van der Waals surface area (Å²) in [6, 6.07) is 4.12. The number of pyridine rings is 1. The van der Waals surface area contributed by atoms with Gasteiger partial charge in [-0.25, -0.2) is 0 Å². The molecule has 104 valence electrons. The van der Waals surface area contributed by atoms with Gasteiger partial charge in [-0.3, -0.25) is 10.3 Å². The van der Waals surface area contributed by atoms with Crippen molar-refractivity contribution in [3.63, 3.8) is 0 Å². The molecule has 0 fully saturated rings. The van der Waals surface area contributed by atoms with E-state index >= 15 is 0 Å². The second-order valence-corrected chi connectivity index (χ2v) is 5.20. The van der Waals surface area contributed by atoms with Crippen LogP contribution in [0.15, 0.2) is 18.3 Å². The van der Waals surface area contributed by atoms with Crippen LogP contribution >= 0.6 is 0 Å². The van der Waals surface area contributed by atoms with E-state index in [4.69, 9.17) is 0 Å². The normalized spacial score (nSPS) is 14.7. The molecule has 0 aliphatic rings. The first-order valence-electron chi connectivity index (χ1n) is 6.98. The summed E-state index contributed by atoms with van der Waals surface area (Å²) >= 11 is 0. The van der Waals surface area contributed by atoms with Crippen LogP contribution in [-0.2, 0) is 6.54 Å². The molecule has 1 atom stereocenters. The predicted octanol–water partition coefficient (Wildman–Crippen LogP) is 2.86. The lowest BCUT2D eigenvalue weighted by atomic mass is 10.1. The van der Waals surface area contributed by atoms with Crippen LogP contribution in [0.25, 0.3) is 10.9 Å². The van der Waals surface area contributed by atoms with Crippen LogP contribution in [0.4, 0.5) is 0 Å². The number of H-pyrrole nitrogens is 1. The van der Waals surface area contributed by atoms with Crippen LogP contribution in [0, 0.1) is 6.92 Å². The fourth-order valence-electron chi connectivity index (χ4n) is 2.35. The van der Waals surface area contributed by atoms with E-state index in [1.807, 2.05) is 26.1 Å². The summed E-state index contributed by atoms with van der Waals surface area (Å²) in [5.74, 6) is 0. The Morgan fingerprint density at radius 2 is 2.16 bits per heavy atom. The minimum Gasteiger partial charge on any atom is -0.376 e. The van der Waals surface area contributed by atoms with Crippen molar-refractivity contribution in [2.24, 2.45) is 0 Å². The quantitative estimate of drug-likeness (QED) is 0.701. The van der Waals surface area contributed by atoms with E-state index < -0.39 is 5.72 Å². The minimum absolute atomic E-state index is 0.637. The van der Waals surface area contributed by atoms with Crippen LogP contribution < -0.4 is 5.32 Å². The largest absolute Gasteiger partial charge is 0.376 e. The van der Waals surface area contributed by atoms with E-state index in [-0.39, 0.29) is 0 Å². The molecular weight excluding hydrogens is 238 g/mol. The molecule has 0 aliphatic heterocycles. The van der Waals surface area contributed by atoms with Crippen molar-refractivity contribution >= 4 is 10.9 Å². The van der Waals surface area contributed by atoms with E-state index in [9.17, 15) is 5.11 Å². The Morgan fingerprint density at radius 3 is 2.84 bits per heavy atom. The lowest BCUT2D eigenvalue weighted by Crippen LogP contribution is -2.44. The second-order valence-electron chi connectivity index (χ2n) is 5.20. The van der Waals surface area contributed by atoms with Crippen LogP contribution in [0.1, 0.15) is 44.5 Å². The molecule has 2 heterocycles. The molecule has 0 aliphatic carbocycles. The molecule has 1 unspecified atom stereocenters. The number of rotatable bonds is 6. The summed E-state index contributed by atoms with van der Waals surface area (Å²) in [4.78, 5) is 7.65. The van der Waals surface area contributed by atoms with Crippen molar-refractivity contribution in [1.29, 1.82) is 0 Å². The SMILES string of the molecule is CCCC(O)(CC)NCc1cc2cnc(C)cc2[nH]1. The zero-order valence-electron chi connectivity index (χ0n) is 12.0. The van der Waals surface area contributed by atoms with Crippen molar-refractivity contribution in [3.05, 3.63) is 29.7 Å². The van der Waals surface area contributed by atoms with Crippen molar-refractivity contribution in [2.75, 3.05) is 0 Å². The van der Waals surface area contributed by atoms with Crippen LogP contribution in [0.5, 0.6) is 0 Å². The number of aromatic nitrogens is 2. The maximum Gasteiger partial charge on any atom is 0.116 e. The minimum atomic E-state index is -0.764. The Morgan fingerprint density at radius 1 is 1.37 bits per heavy atom. The summed E-state index contributed by atoms with van der Waals surface area (Å²) < 4.78 is 0. The van der Waals surface area contributed by atoms with E-state index in [2.05, 4.69) is 28.3 Å². The van der Waals surface area contributed by atoms with Crippen molar-refractivity contribution in [3.8, 4) is 0 Å². The van der Waals surface area contributed by atoms with Gasteiger partial charge in [-0.05, 0) is 31.9 Å². The molecule has 4 nitrogen and oxygen atoms in total. The third-order valence-electron chi connectivity index (χ3n) is 3.55. The molecular formula is C15H23N3O. The highest BCUT2D eigenvalue weighted by Gasteiger charge is 2.22. The van der Waals surface area contributed by atoms with E-state index in [0.717, 1.165) is 35.1 Å². The zero-order valence-corrected chi connectivity index (χ0v) is 12.0. The van der Waals surface area contributed by atoms with Gasteiger partial charge in [0.05, 0.1) is 0 Å². The van der Waals surface area contributed by atoms with Crippen molar-refractivity contribution in [2.45, 2.75) is 52.3 Å². The second kappa shape index (κ2) is 5.72. The Kier molecular flexibility index (Phi) is 4.22. The van der Waals surface area contributed by atoms with Gasteiger partial charge in [0, 0.05) is 35.0 Å². The summed E-state index contributed by atoms with van der Waals surface area (Å²) in [6.07, 6.45) is 4.32. The van der Waals surface area contributed by atoms with E-state index in [1.165, 1.54) is 0 Å². The standard InChI is InChI=1S/C15H23N3O/c1-4-6-15(19,5-2)17-10-13-8-12-9-16-11(3)7-14(12)18-13/h7-9,17-19H,4-6,10H2,1-3H3. The average Bonchev–Trinajstić information content (AvgIpc) is 2.79. The van der Waals surface area contributed by atoms with Gasteiger partial charge in [-0.2, -0.15) is 0 Å². The summed E-state index contributed by atoms with van der Waals surface area (Å²) in [5.41, 5.74) is 2.41. The van der Waals surface area contributed by atoms with Crippen molar-refractivity contribution in [1.82, 2.24) is 15.3 Å². The van der Waals surface area contributed by atoms with Gasteiger partial charge >= 0.3 is 0 Å². The molecule has 0 amide bonds. The molecule has 4 heteroatoms. The molecule has 19 heavy (non-hydrogen) atoms. The fraction of sp³-hybridized carbons (Fsp3) is 0.533. The molecule has 0 aromatic carbocycles. The lowest BCUT2D eigenvalue weighted by molar-refractivity contribution is -0.00945. The van der Waals surface area contributed by atoms with Crippen LogP contribution in [0.2, 0.25) is 0 Å². The molecule has 2 aromatic rings. The van der Waals surface area contributed by atoms with Gasteiger partial charge in [-0.15, -0.1) is 0 Å². The lowest BCUT2D eigenvalue weighted by Gasteiger charge is -2.27. The maximum absolute atomic E-state index is 10.4. The number of aliphatic hydroxyl groups is 1. The van der Waals surface area contributed by atoms with Crippen LogP contribution in [0.3, 0.4) is 0 Å². The van der Waals surface area contributed by atoms with E-state index in [1.54, 1.807) is 0 Å². The van der Waals surface area contributed by atoms with E-state index in [0.29, 0.717) is 13.0 Å². The van der Waals surface area contributed by atoms with Crippen molar-refractivity contribution < 1.29 is 5.11 Å². The number of hydrogen-bond acceptors (Lipinski definition) is 3. The van der Waals surface area contributed by atoms with Gasteiger partial charge in [-0.1, -0.05) is 20.3 Å². The highest BCUT2D eigenvalue weighted by atomic mass is 16.3. The number of fused-ring (bicyclic) bond motifs is 1. The Hall–Kier alpha value is -1.39. The number of aromatic amines is 1. The Balaban J connectivity index is 2.09. The average molecular weight is 261 g/mol. The molecule has 0 saturated carbocycles. The molecule has 2 aromatic heterocycles.